The van der Waals surface area contributed by atoms with Crippen molar-refractivity contribution in [3.63, 3.8) is 0 Å². The van der Waals surface area contributed by atoms with Crippen molar-refractivity contribution in [3.8, 4) is 0 Å². The van der Waals surface area contributed by atoms with Gasteiger partial charge in [-0.3, -0.25) is 0 Å². The molecule has 1 N–H and O–H groups in total. The maximum atomic E-state index is 12.6. The number of hydrogen-bond acceptors (Lipinski definition) is 3. The van der Waals surface area contributed by atoms with E-state index in [2.05, 4.69) is 4.72 Å². The van der Waals surface area contributed by atoms with Crippen molar-refractivity contribution in [3.05, 3.63) is 65.7 Å². The Morgan fingerprint density at radius 3 is 2.21 bits per heavy atom. The number of aryl methyl sites for hydroxylation is 1. The van der Waals surface area contributed by atoms with Crippen molar-refractivity contribution in [2.45, 2.75) is 43.7 Å². The third-order valence-corrected chi connectivity index (χ3v) is 5.64. The third kappa shape index (κ3) is 4.90. The van der Waals surface area contributed by atoms with Crippen molar-refractivity contribution in [2.24, 2.45) is 0 Å². The van der Waals surface area contributed by atoms with Gasteiger partial charge in [-0.05, 0) is 37.5 Å². The summed E-state index contributed by atoms with van der Waals surface area (Å²) in [4.78, 5) is 0.292. The van der Waals surface area contributed by atoms with Gasteiger partial charge in [0.15, 0.2) is 0 Å². The van der Waals surface area contributed by atoms with E-state index in [1.54, 1.807) is 31.4 Å². The van der Waals surface area contributed by atoms with Crippen LogP contribution >= 0.6 is 0 Å². The zero-order valence-corrected chi connectivity index (χ0v) is 15.2. The minimum absolute atomic E-state index is 0.142. The molecule has 2 atom stereocenters. The average Bonchev–Trinajstić information content (AvgIpc) is 2.59. The van der Waals surface area contributed by atoms with Gasteiger partial charge >= 0.3 is 0 Å². The minimum atomic E-state index is -3.53. The number of nitrogens with one attached hydrogen (secondary N) is 1. The monoisotopic (exact) mass is 347 g/mol. The third-order valence-electron chi connectivity index (χ3n) is 4.10. The van der Waals surface area contributed by atoms with Gasteiger partial charge in [-0.25, -0.2) is 13.1 Å². The smallest absolute Gasteiger partial charge is 0.240 e. The molecule has 0 aliphatic carbocycles. The molecule has 0 radical (unpaired) electrons. The van der Waals surface area contributed by atoms with Crippen LogP contribution in [0, 0.1) is 6.92 Å². The van der Waals surface area contributed by atoms with Crippen molar-refractivity contribution >= 4 is 10.0 Å². The van der Waals surface area contributed by atoms with E-state index in [1.165, 1.54) is 0 Å². The molecule has 24 heavy (non-hydrogen) atoms. The van der Waals surface area contributed by atoms with Crippen LogP contribution in [0.25, 0.3) is 0 Å². The van der Waals surface area contributed by atoms with E-state index >= 15 is 0 Å². The van der Waals surface area contributed by atoms with Crippen LogP contribution in [0.2, 0.25) is 0 Å². The normalized spacial score (nSPS) is 14.3. The van der Waals surface area contributed by atoms with Crippen molar-refractivity contribution in [1.82, 2.24) is 4.72 Å². The molecular weight excluding hydrogens is 322 g/mol. The first-order valence-corrected chi connectivity index (χ1v) is 9.61. The number of sulfonamides is 1. The summed E-state index contributed by atoms with van der Waals surface area (Å²) in [6, 6.07) is 16.5. The van der Waals surface area contributed by atoms with Crippen LogP contribution in [0.1, 0.15) is 37.0 Å². The molecule has 2 aromatic carbocycles. The van der Waals surface area contributed by atoms with Gasteiger partial charge in [0.1, 0.15) is 0 Å². The van der Waals surface area contributed by atoms with Crippen LogP contribution in [0.4, 0.5) is 0 Å². The van der Waals surface area contributed by atoms with Gasteiger partial charge in [0.05, 0.1) is 11.0 Å². The fraction of sp³-hybridized carbons (Fsp3) is 0.368. The van der Waals surface area contributed by atoms with Crippen LogP contribution in [-0.2, 0) is 14.8 Å². The lowest BCUT2D eigenvalue weighted by Gasteiger charge is -2.23. The van der Waals surface area contributed by atoms with Crippen LogP contribution in [0.15, 0.2) is 59.5 Å². The number of rotatable bonds is 8. The molecular formula is C19H25NO3S. The molecule has 130 valence electrons. The zero-order valence-electron chi connectivity index (χ0n) is 14.4. The topological polar surface area (TPSA) is 55.4 Å². The van der Waals surface area contributed by atoms with Crippen LogP contribution in [0.3, 0.4) is 0 Å². The second kappa shape index (κ2) is 8.42. The van der Waals surface area contributed by atoms with Crippen LogP contribution < -0.4 is 4.72 Å². The molecule has 2 rings (SSSR count). The second-order valence-electron chi connectivity index (χ2n) is 5.91. The number of methoxy groups -OCH3 is 1. The summed E-state index contributed by atoms with van der Waals surface area (Å²) in [5.74, 6) is 0. The molecule has 0 fully saturated rings. The molecule has 0 amide bonds. The van der Waals surface area contributed by atoms with Gasteiger partial charge in [0.25, 0.3) is 0 Å². The Morgan fingerprint density at radius 1 is 1.04 bits per heavy atom. The number of hydrogen-bond donors (Lipinski definition) is 1. The Balaban J connectivity index is 2.12. The van der Waals surface area contributed by atoms with Gasteiger partial charge in [-0.15, -0.1) is 0 Å². The van der Waals surface area contributed by atoms with E-state index in [9.17, 15) is 8.42 Å². The SMILES string of the molecule is CC[C@H](C[C@@H](OC)c1ccccc1)NS(=O)(=O)c1ccc(C)cc1. The van der Waals surface area contributed by atoms with Crippen molar-refractivity contribution < 1.29 is 13.2 Å². The van der Waals surface area contributed by atoms with Gasteiger partial charge in [0.2, 0.25) is 10.0 Å². The molecule has 0 aliphatic rings. The summed E-state index contributed by atoms with van der Waals surface area (Å²) in [5, 5.41) is 0. The van der Waals surface area contributed by atoms with Gasteiger partial charge < -0.3 is 4.74 Å². The Kier molecular flexibility index (Phi) is 6.54. The predicted molar refractivity (Wildman–Crippen MR) is 96.4 cm³/mol. The van der Waals surface area contributed by atoms with E-state index in [4.69, 9.17) is 4.74 Å². The summed E-state index contributed by atoms with van der Waals surface area (Å²) < 4.78 is 33.5. The highest BCUT2D eigenvalue weighted by Crippen LogP contribution is 2.23. The van der Waals surface area contributed by atoms with E-state index < -0.39 is 10.0 Å². The lowest BCUT2D eigenvalue weighted by molar-refractivity contribution is 0.0874. The van der Waals surface area contributed by atoms with Crippen LogP contribution in [-0.4, -0.2) is 21.6 Å². The fourth-order valence-corrected chi connectivity index (χ4v) is 3.93. The highest BCUT2D eigenvalue weighted by atomic mass is 32.2. The first-order valence-electron chi connectivity index (χ1n) is 8.13. The highest BCUT2D eigenvalue weighted by molar-refractivity contribution is 7.89. The summed E-state index contributed by atoms with van der Waals surface area (Å²) in [6.45, 7) is 3.90. The second-order valence-corrected chi connectivity index (χ2v) is 7.62. The zero-order chi connectivity index (χ0) is 17.6. The van der Waals surface area contributed by atoms with Gasteiger partial charge in [-0.1, -0.05) is 55.0 Å². The highest BCUT2D eigenvalue weighted by Gasteiger charge is 2.22. The molecule has 2 aromatic rings. The van der Waals surface area contributed by atoms with Gasteiger partial charge in [0, 0.05) is 13.2 Å². The lowest BCUT2D eigenvalue weighted by Crippen LogP contribution is -2.35. The Hall–Kier alpha value is -1.69. The Bertz CT molecular complexity index is 727. The first kappa shape index (κ1) is 18.6. The summed E-state index contributed by atoms with van der Waals surface area (Å²) >= 11 is 0. The summed E-state index contributed by atoms with van der Waals surface area (Å²) in [6.07, 6.45) is 1.14. The largest absolute Gasteiger partial charge is 0.377 e. The van der Waals surface area contributed by atoms with E-state index in [1.807, 2.05) is 44.2 Å². The lowest BCUT2D eigenvalue weighted by atomic mass is 10.0. The minimum Gasteiger partial charge on any atom is -0.377 e. The van der Waals surface area contributed by atoms with Crippen molar-refractivity contribution in [2.75, 3.05) is 7.11 Å². The van der Waals surface area contributed by atoms with Crippen molar-refractivity contribution in [1.29, 1.82) is 0 Å². The molecule has 0 unspecified atom stereocenters. The van der Waals surface area contributed by atoms with Gasteiger partial charge in [-0.2, -0.15) is 0 Å². The van der Waals surface area contributed by atoms with E-state index in [-0.39, 0.29) is 12.1 Å². The first-order chi connectivity index (χ1) is 11.5. The Labute approximate surface area is 144 Å². The Morgan fingerprint density at radius 2 is 1.67 bits per heavy atom. The average molecular weight is 347 g/mol. The molecule has 0 heterocycles. The molecule has 0 bridgehead atoms. The molecule has 0 aliphatic heterocycles. The van der Waals surface area contributed by atoms with E-state index in [0.29, 0.717) is 17.7 Å². The maximum absolute atomic E-state index is 12.6. The number of ether oxygens (including phenoxy) is 1. The van der Waals surface area contributed by atoms with E-state index in [0.717, 1.165) is 11.1 Å². The van der Waals surface area contributed by atoms with Crippen LogP contribution in [0.5, 0.6) is 0 Å². The standard InChI is InChI=1S/C19H25NO3S/c1-4-17(14-19(23-3)16-8-6-5-7-9-16)20-24(21,22)18-12-10-15(2)11-13-18/h5-13,17,19-20H,4,14H2,1-3H3/t17-,19-/m1/s1. The molecule has 4 nitrogen and oxygen atoms in total. The molecule has 5 heteroatoms. The maximum Gasteiger partial charge on any atom is 0.240 e. The fourth-order valence-electron chi connectivity index (χ4n) is 2.60. The molecule has 0 spiro atoms. The summed E-state index contributed by atoms with van der Waals surface area (Å²) in [7, 11) is -1.88. The molecule has 0 saturated carbocycles. The molecule has 0 aromatic heterocycles. The summed E-state index contributed by atoms with van der Waals surface area (Å²) in [5.41, 5.74) is 2.08. The number of benzene rings is 2. The predicted octanol–water partition coefficient (Wildman–Crippen LogP) is 3.83. The molecule has 0 saturated heterocycles. The quantitative estimate of drug-likeness (QED) is 0.789.